The minimum absolute atomic E-state index is 0.000161. The van der Waals surface area contributed by atoms with Gasteiger partial charge in [0.1, 0.15) is 0 Å². The molecule has 0 bridgehead atoms. The largest absolute Gasteiger partial charge is 0.322 e. The van der Waals surface area contributed by atoms with Gasteiger partial charge in [-0.25, -0.2) is 0 Å². The van der Waals surface area contributed by atoms with Crippen LogP contribution in [0.25, 0.3) is 0 Å². The molecule has 3 aromatic heterocycles. The van der Waals surface area contributed by atoms with E-state index in [0.717, 1.165) is 28.3 Å². The van der Waals surface area contributed by atoms with Gasteiger partial charge in [-0.1, -0.05) is 0 Å². The van der Waals surface area contributed by atoms with Crippen molar-refractivity contribution in [2.45, 2.75) is 40.7 Å². The van der Waals surface area contributed by atoms with Crippen molar-refractivity contribution < 1.29 is 9.59 Å². The second kappa shape index (κ2) is 11.0. The molecule has 1 atom stereocenters. The number of halogens is 1. The Kier molecular flexibility index (Phi) is 8.34. The highest BCUT2D eigenvalue weighted by Crippen LogP contribution is 2.20. The zero-order valence-corrected chi connectivity index (χ0v) is 22.1. The summed E-state index contributed by atoms with van der Waals surface area (Å²) in [5.41, 5.74) is 5.54. The molecule has 0 unspecified atom stereocenters. The molecular formula is C23H34ClN9O2. The van der Waals surface area contributed by atoms with Gasteiger partial charge in [0.25, 0.3) is 0 Å². The van der Waals surface area contributed by atoms with Crippen LogP contribution in [0.1, 0.15) is 34.4 Å². The van der Waals surface area contributed by atoms with Gasteiger partial charge in [0.15, 0.2) is 0 Å². The summed E-state index contributed by atoms with van der Waals surface area (Å²) in [5.74, 6) is -0.200. The number of alkyl halides is 1. The molecule has 11 nitrogen and oxygen atoms in total. The first-order valence-electron chi connectivity index (χ1n) is 11.4. The lowest BCUT2D eigenvalue weighted by Crippen LogP contribution is -2.42. The first-order valence-corrected chi connectivity index (χ1v) is 11.9. The molecule has 0 aliphatic heterocycles. The molecule has 0 aliphatic carbocycles. The summed E-state index contributed by atoms with van der Waals surface area (Å²) in [4.78, 5) is 27.8. The highest BCUT2D eigenvalue weighted by molar-refractivity contribution is 6.18. The van der Waals surface area contributed by atoms with E-state index >= 15 is 0 Å². The fourth-order valence-electron chi connectivity index (χ4n) is 3.99. The monoisotopic (exact) mass is 503 g/mol. The van der Waals surface area contributed by atoms with Crippen molar-refractivity contribution in [2.75, 3.05) is 36.1 Å². The van der Waals surface area contributed by atoms with E-state index in [1.54, 1.807) is 25.1 Å². The first-order chi connectivity index (χ1) is 16.5. The van der Waals surface area contributed by atoms with Gasteiger partial charge in [-0.05, 0) is 40.2 Å². The van der Waals surface area contributed by atoms with Crippen LogP contribution in [0.5, 0.6) is 0 Å². The number of anilines is 2. The number of rotatable bonds is 10. The van der Waals surface area contributed by atoms with E-state index < -0.39 is 0 Å². The third-order valence-corrected chi connectivity index (χ3v) is 6.39. The summed E-state index contributed by atoms with van der Waals surface area (Å²) in [5, 5.41) is 19.0. The third kappa shape index (κ3) is 6.29. The number of nitrogens with zero attached hydrogens (tertiary/aromatic N) is 7. The predicted molar refractivity (Wildman–Crippen MR) is 136 cm³/mol. The van der Waals surface area contributed by atoms with Gasteiger partial charge in [-0.15, -0.1) is 11.6 Å². The topological polar surface area (TPSA) is 115 Å². The average molecular weight is 504 g/mol. The normalized spacial score (nSPS) is 12.3. The Hall–Kier alpha value is -3.18. The Balaban J connectivity index is 1.77. The number of nitrogens with one attached hydrogen (secondary N) is 2. The SMILES string of the molecule is Cc1cnn([C@@H](CCl)CN(CC(=O)Nc2c(C)nn(C)c2C)CC(=O)Nc2c(C)nn(C)c2C)c1. The van der Waals surface area contributed by atoms with Crippen molar-refractivity contribution in [3.05, 3.63) is 40.7 Å². The number of hydrogen-bond acceptors (Lipinski definition) is 6. The van der Waals surface area contributed by atoms with E-state index in [0.29, 0.717) is 17.9 Å². The van der Waals surface area contributed by atoms with Crippen LogP contribution in [0.4, 0.5) is 11.4 Å². The lowest BCUT2D eigenvalue weighted by molar-refractivity contribution is -0.120. The van der Waals surface area contributed by atoms with Crippen LogP contribution >= 0.6 is 11.6 Å². The summed E-state index contributed by atoms with van der Waals surface area (Å²) >= 11 is 6.27. The maximum absolute atomic E-state index is 13.0. The first kappa shape index (κ1) is 26.4. The molecule has 3 heterocycles. The summed E-state index contributed by atoms with van der Waals surface area (Å²) in [7, 11) is 3.66. The molecular weight excluding hydrogens is 470 g/mol. The zero-order chi connectivity index (χ0) is 25.9. The lowest BCUT2D eigenvalue weighted by Gasteiger charge is -2.26. The number of aryl methyl sites for hydroxylation is 5. The van der Waals surface area contributed by atoms with E-state index in [4.69, 9.17) is 11.6 Å². The van der Waals surface area contributed by atoms with Gasteiger partial charge in [-0.3, -0.25) is 28.5 Å². The minimum atomic E-state index is -0.240. The predicted octanol–water partition coefficient (Wildman–Crippen LogP) is 2.25. The fourth-order valence-corrected chi connectivity index (χ4v) is 4.23. The number of carbonyl (C=O) groups excluding carboxylic acids is 2. The van der Waals surface area contributed by atoms with Crippen LogP contribution in [0.2, 0.25) is 0 Å². The molecule has 35 heavy (non-hydrogen) atoms. The summed E-state index contributed by atoms with van der Waals surface area (Å²) in [6, 6.07) is -0.213. The Bertz CT molecular complexity index is 1140. The smallest absolute Gasteiger partial charge is 0.238 e. The molecule has 2 amide bonds. The Labute approximate surface area is 210 Å². The van der Waals surface area contributed by atoms with Gasteiger partial charge < -0.3 is 10.6 Å². The van der Waals surface area contributed by atoms with Crippen molar-refractivity contribution in [1.82, 2.24) is 34.2 Å². The molecule has 190 valence electrons. The quantitative estimate of drug-likeness (QED) is 0.410. The molecule has 0 fully saturated rings. The molecule has 0 aliphatic rings. The van der Waals surface area contributed by atoms with E-state index in [-0.39, 0.29) is 36.8 Å². The average Bonchev–Trinajstić information content (AvgIpc) is 3.39. The molecule has 3 aromatic rings. The number of amides is 2. The maximum atomic E-state index is 13.0. The third-order valence-electron chi connectivity index (χ3n) is 6.03. The molecule has 2 N–H and O–H groups in total. The van der Waals surface area contributed by atoms with Crippen LogP contribution in [0, 0.1) is 34.6 Å². The fraction of sp³-hybridized carbons (Fsp3) is 0.522. The van der Waals surface area contributed by atoms with Crippen molar-refractivity contribution in [3.63, 3.8) is 0 Å². The van der Waals surface area contributed by atoms with Crippen molar-refractivity contribution in [2.24, 2.45) is 14.1 Å². The Morgan fingerprint density at radius 2 is 1.43 bits per heavy atom. The molecule has 0 saturated carbocycles. The molecule has 0 spiro atoms. The van der Waals surface area contributed by atoms with Gasteiger partial charge in [0.2, 0.25) is 11.8 Å². The summed E-state index contributed by atoms with van der Waals surface area (Å²) < 4.78 is 5.21. The molecule has 0 saturated heterocycles. The minimum Gasteiger partial charge on any atom is -0.322 e. The van der Waals surface area contributed by atoms with Crippen LogP contribution < -0.4 is 10.6 Å². The van der Waals surface area contributed by atoms with Gasteiger partial charge in [0, 0.05) is 32.7 Å². The van der Waals surface area contributed by atoms with E-state index in [1.165, 1.54) is 0 Å². The van der Waals surface area contributed by atoms with Gasteiger partial charge in [-0.2, -0.15) is 15.3 Å². The maximum Gasteiger partial charge on any atom is 0.238 e. The zero-order valence-electron chi connectivity index (χ0n) is 21.4. The number of hydrogen-bond donors (Lipinski definition) is 2. The molecule has 0 aromatic carbocycles. The van der Waals surface area contributed by atoms with Crippen molar-refractivity contribution in [3.8, 4) is 0 Å². The second-order valence-corrected chi connectivity index (χ2v) is 9.22. The van der Waals surface area contributed by atoms with Crippen LogP contribution in [0.15, 0.2) is 12.4 Å². The van der Waals surface area contributed by atoms with Crippen molar-refractivity contribution in [1.29, 1.82) is 0 Å². The van der Waals surface area contributed by atoms with E-state index in [1.807, 2.05) is 54.9 Å². The highest BCUT2D eigenvalue weighted by atomic mass is 35.5. The Morgan fingerprint density at radius 3 is 1.77 bits per heavy atom. The highest BCUT2D eigenvalue weighted by Gasteiger charge is 2.23. The van der Waals surface area contributed by atoms with Crippen LogP contribution in [0.3, 0.4) is 0 Å². The van der Waals surface area contributed by atoms with E-state index in [2.05, 4.69) is 25.9 Å². The van der Waals surface area contributed by atoms with Crippen LogP contribution in [-0.4, -0.2) is 71.6 Å². The van der Waals surface area contributed by atoms with Crippen molar-refractivity contribution >= 4 is 34.8 Å². The lowest BCUT2D eigenvalue weighted by atomic mass is 10.2. The number of aromatic nitrogens is 6. The summed E-state index contributed by atoms with van der Waals surface area (Å²) in [6.07, 6.45) is 3.65. The van der Waals surface area contributed by atoms with E-state index in [9.17, 15) is 9.59 Å². The second-order valence-electron chi connectivity index (χ2n) is 8.91. The van der Waals surface area contributed by atoms with Crippen LogP contribution in [-0.2, 0) is 23.7 Å². The number of carbonyl (C=O) groups is 2. The van der Waals surface area contributed by atoms with Gasteiger partial charge >= 0.3 is 0 Å². The Morgan fingerprint density at radius 1 is 0.943 bits per heavy atom. The summed E-state index contributed by atoms with van der Waals surface area (Å²) in [6.45, 7) is 9.78. The standard InChI is InChI=1S/C23H34ClN9O2/c1-14-9-25-33(10-14)19(8-24)11-32(12-20(34)26-22-15(2)28-30(6)17(22)4)13-21(35)27-23-16(3)29-31(7)18(23)5/h9-10,19H,8,11-13H2,1-7H3,(H,26,34)(H,27,35)/t19-/m0/s1. The molecule has 0 radical (unpaired) electrons. The molecule has 12 heteroatoms. The molecule has 3 rings (SSSR count). The van der Waals surface area contributed by atoms with Gasteiger partial charge in [0.05, 0.1) is 59.5 Å².